The first-order chi connectivity index (χ1) is 11.6. The smallest absolute Gasteiger partial charge is 0.255 e. The van der Waals surface area contributed by atoms with Crippen molar-refractivity contribution in [3.63, 3.8) is 0 Å². The zero-order valence-corrected chi connectivity index (χ0v) is 13.9. The van der Waals surface area contributed by atoms with Crippen LogP contribution in [0.15, 0.2) is 59.3 Å². The van der Waals surface area contributed by atoms with E-state index in [0.717, 1.165) is 5.76 Å². The van der Waals surface area contributed by atoms with Gasteiger partial charge in [-0.3, -0.25) is 4.79 Å². The molecule has 3 aromatic rings. The minimum absolute atomic E-state index is 0.289. The van der Waals surface area contributed by atoms with Crippen LogP contribution in [-0.4, -0.2) is 10.9 Å². The summed E-state index contributed by atoms with van der Waals surface area (Å²) in [6, 6.07) is 11.8. The number of amides is 1. The molecule has 0 atom stereocenters. The van der Waals surface area contributed by atoms with Crippen LogP contribution in [0.4, 0.5) is 11.5 Å². The fourth-order valence-electron chi connectivity index (χ4n) is 2.04. The fraction of sp³-hybridized carbons (Fsp3) is 0.0588. The third-order valence-corrected chi connectivity index (χ3v) is 3.77. The molecular formula is C17H13Cl2N3O2. The number of nitrogens with one attached hydrogen (secondary N) is 2. The maximum Gasteiger partial charge on any atom is 0.255 e. The second-order valence-electron chi connectivity index (χ2n) is 4.94. The Morgan fingerprint density at radius 1 is 1.17 bits per heavy atom. The molecule has 0 aliphatic carbocycles. The van der Waals surface area contributed by atoms with Crippen LogP contribution in [0.5, 0.6) is 0 Å². The SMILES string of the molecule is O=C(Nc1ccc(Cl)cc1Cl)c1ccnc(NCc2ccco2)c1. The molecule has 24 heavy (non-hydrogen) atoms. The molecule has 0 saturated heterocycles. The summed E-state index contributed by atoms with van der Waals surface area (Å²) in [6.45, 7) is 0.480. The summed E-state index contributed by atoms with van der Waals surface area (Å²) in [5.41, 5.74) is 0.950. The van der Waals surface area contributed by atoms with E-state index in [4.69, 9.17) is 27.6 Å². The van der Waals surface area contributed by atoms with Crippen molar-refractivity contribution in [1.29, 1.82) is 0 Å². The molecule has 0 bridgehead atoms. The van der Waals surface area contributed by atoms with E-state index in [1.807, 2.05) is 12.1 Å². The van der Waals surface area contributed by atoms with Gasteiger partial charge in [-0.25, -0.2) is 4.98 Å². The molecule has 5 nitrogen and oxygen atoms in total. The second-order valence-corrected chi connectivity index (χ2v) is 5.78. The Morgan fingerprint density at radius 2 is 2.04 bits per heavy atom. The topological polar surface area (TPSA) is 67.2 Å². The average Bonchev–Trinajstić information content (AvgIpc) is 3.09. The van der Waals surface area contributed by atoms with Gasteiger partial charge < -0.3 is 15.1 Å². The second kappa shape index (κ2) is 7.38. The highest BCUT2D eigenvalue weighted by Crippen LogP contribution is 2.26. The highest BCUT2D eigenvalue weighted by molar-refractivity contribution is 6.36. The van der Waals surface area contributed by atoms with Crippen molar-refractivity contribution in [2.45, 2.75) is 6.54 Å². The predicted molar refractivity (Wildman–Crippen MR) is 94.7 cm³/mol. The van der Waals surface area contributed by atoms with E-state index >= 15 is 0 Å². The third-order valence-electron chi connectivity index (χ3n) is 3.23. The lowest BCUT2D eigenvalue weighted by molar-refractivity contribution is 0.102. The predicted octanol–water partition coefficient (Wildman–Crippen LogP) is 4.85. The molecule has 2 heterocycles. The van der Waals surface area contributed by atoms with E-state index in [-0.39, 0.29) is 5.91 Å². The lowest BCUT2D eigenvalue weighted by Crippen LogP contribution is -2.13. The van der Waals surface area contributed by atoms with Crippen LogP contribution in [0.2, 0.25) is 10.0 Å². The fourth-order valence-corrected chi connectivity index (χ4v) is 2.50. The van der Waals surface area contributed by atoms with Crippen LogP contribution in [0, 0.1) is 0 Å². The monoisotopic (exact) mass is 361 g/mol. The maximum absolute atomic E-state index is 12.4. The molecule has 0 spiro atoms. The number of furan rings is 1. The van der Waals surface area contributed by atoms with Crippen LogP contribution >= 0.6 is 23.2 Å². The largest absolute Gasteiger partial charge is 0.467 e. The number of halogens is 2. The Hall–Kier alpha value is -2.50. The van der Waals surface area contributed by atoms with Gasteiger partial charge in [0.1, 0.15) is 11.6 Å². The van der Waals surface area contributed by atoms with Gasteiger partial charge in [0.2, 0.25) is 0 Å². The number of pyridine rings is 1. The molecule has 7 heteroatoms. The summed E-state index contributed by atoms with van der Waals surface area (Å²) in [5.74, 6) is 1.06. The van der Waals surface area contributed by atoms with Crippen molar-refractivity contribution in [2.75, 3.05) is 10.6 Å². The molecule has 1 amide bonds. The third kappa shape index (κ3) is 4.07. The zero-order valence-electron chi connectivity index (χ0n) is 12.4. The minimum atomic E-state index is -0.289. The summed E-state index contributed by atoms with van der Waals surface area (Å²) in [5, 5.41) is 6.73. The summed E-state index contributed by atoms with van der Waals surface area (Å²) in [6.07, 6.45) is 3.16. The molecule has 0 unspecified atom stereocenters. The molecule has 0 aliphatic rings. The molecule has 0 aliphatic heterocycles. The molecule has 0 radical (unpaired) electrons. The van der Waals surface area contributed by atoms with Gasteiger partial charge in [0, 0.05) is 16.8 Å². The average molecular weight is 362 g/mol. The Balaban J connectivity index is 1.69. The van der Waals surface area contributed by atoms with Crippen molar-refractivity contribution >= 4 is 40.6 Å². The lowest BCUT2D eigenvalue weighted by atomic mass is 10.2. The van der Waals surface area contributed by atoms with Crippen molar-refractivity contribution in [2.24, 2.45) is 0 Å². The van der Waals surface area contributed by atoms with E-state index in [1.165, 1.54) is 0 Å². The Bertz CT molecular complexity index is 851. The standard InChI is InChI=1S/C17H13Cl2N3O2/c18-12-3-4-15(14(19)9-12)22-17(23)11-5-6-20-16(8-11)21-10-13-2-1-7-24-13/h1-9H,10H2,(H,20,21)(H,22,23). The molecule has 122 valence electrons. The minimum Gasteiger partial charge on any atom is -0.467 e. The zero-order chi connectivity index (χ0) is 16.9. The van der Waals surface area contributed by atoms with E-state index < -0.39 is 0 Å². The molecule has 2 aromatic heterocycles. The van der Waals surface area contributed by atoms with E-state index in [9.17, 15) is 4.79 Å². The number of aromatic nitrogens is 1. The van der Waals surface area contributed by atoms with Crippen LogP contribution in [0.25, 0.3) is 0 Å². The van der Waals surface area contributed by atoms with Crippen LogP contribution in [0.3, 0.4) is 0 Å². The number of hydrogen-bond donors (Lipinski definition) is 2. The van der Waals surface area contributed by atoms with Crippen LogP contribution in [0.1, 0.15) is 16.1 Å². The van der Waals surface area contributed by atoms with Gasteiger partial charge in [-0.2, -0.15) is 0 Å². The number of carbonyl (C=O) groups is 1. The first kappa shape index (κ1) is 16.4. The Kier molecular flexibility index (Phi) is 5.03. The molecule has 0 saturated carbocycles. The molecule has 0 fully saturated rings. The summed E-state index contributed by atoms with van der Waals surface area (Å²) in [7, 11) is 0. The highest BCUT2D eigenvalue weighted by atomic mass is 35.5. The number of rotatable bonds is 5. The van der Waals surface area contributed by atoms with E-state index in [0.29, 0.717) is 33.7 Å². The number of hydrogen-bond acceptors (Lipinski definition) is 4. The van der Waals surface area contributed by atoms with Gasteiger partial charge in [-0.05, 0) is 42.5 Å². The number of carbonyl (C=O) groups excluding carboxylic acids is 1. The van der Waals surface area contributed by atoms with Crippen LogP contribution < -0.4 is 10.6 Å². The summed E-state index contributed by atoms with van der Waals surface area (Å²) < 4.78 is 5.24. The lowest BCUT2D eigenvalue weighted by Gasteiger charge is -2.09. The molecule has 1 aromatic carbocycles. The van der Waals surface area contributed by atoms with Gasteiger partial charge in [-0.1, -0.05) is 23.2 Å². The van der Waals surface area contributed by atoms with Crippen molar-refractivity contribution in [3.8, 4) is 0 Å². The van der Waals surface area contributed by atoms with Gasteiger partial charge in [0.15, 0.2) is 0 Å². The first-order valence-electron chi connectivity index (χ1n) is 7.10. The Labute approximate surface area is 148 Å². The van der Waals surface area contributed by atoms with Crippen molar-refractivity contribution in [1.82, 2.24) is 4.98 Å². The highest BCUT2D eigenvalue weighted by Gasteiger charge is 2.10. The van der Waals surface area contributed by atoms with Crippen LogP contribution in [-0.2, 0) is 6.54 Å². The molecular weight excluding hydrogens is 349 g/mol. The maximum atomic E-state index is 12.4. The van der Waals surface area contributed by atoms with Gasteiger partial charge in [-0.15, -0.1) is 0 Å². The number of nitrogens with zero attached hydrogens (tertiary/aromatic N) is 1. The van der Waals surface area contributed by atoms with Gasteiger partial charge >= 0.3 is 0 Å². The first-order valence-corrected chi connectivity index (χ1v) is 7.86. The van der Waals surface area contributed by atoms with Crippen molar-refractivity contribution in [3.05, 3.63) is 76.3 Å². The summed E-state index contributed by atoms with van der Waals surface area (Å²) >= 11 is 11.9. The van der Waals surface area contributed by atoms with E-state index in [2.05, 4.69) is 15.6 Å². The summed E-state index contributed by atoms with van der Waals surface area (Å²) in [4.78, 5) is 16.5. The van der Waals surface area contributed by atoms with Gasteiger partial charge in [0.25, 0.3) is 5.91 Å². The molecule has 3 rings (SSSR count). The van der Waals surface area contributed by atoms with E-state index in [1.54, 1.807) is 42.8 Å². The number of benzene rings is 1. The number of anilines is 2. The van der Waals surface area contributed by atoms with Gasteiger partial charge in [0.05, 0.1) is 23.5 Å². The normalized spacial score (nSPS) is 10.4. The Morgan fingerprint density at radius 3 is 2.79 bits per heavy atom. The quantitative estimate of drug-likeness (QED) is 0.681. The van der Waals surface area contributed by atoms with Crippen molar-refractivity contribution < 1.29 is 9.21 Å². The molecule has 2 N–H and O–H groups in total.